The first-order valence-corrected chi connectivity index (χ1v) is 16.2. The van der Waals surface area contributed by atoms with Crippen LogP contribution in [-0.4, -0.2) is 21.3 Å². The zero-order chi connectivity index (χ0) is 31.1. The molecule has 0 bridgehead atoms. The number of rotatable bonds is 13. The lowest BCUT2D eigenvalue weighted by Crippen LogP contribution is -2.24. The van der Waals surface area contributed by atoms with Crippen LogP contribution in [0.3, 0.4) is 0 Å². The molecular formula is C39H50O4. The van der Waals surface area contributed by atoms with E-state index in [1.807, 2.05) is 36.4 Å². The maximum atomic E-state index is 12.3. The Balaban J connectivity index is 2.05. The SMILES string of the molecule is CCCCCCC(C)(C)c1c(Cc2ccccc2)c(O)c(C2=C(C(C)C(=O)O)CCC(C)C2)c(O)c1Cc1ccccc1. The second-order valence-electron chi connectivity index (χ2n) is 13.3. The summed E-state index contributed by atoms with van der Waals surface area (Å²) in [4.78, 5) is 12.2. The normalized spacial score (nSPS) is 16.3. The highest BCUT2D eigenvalue weighted by Gasteiger charge is 2.36. The molecule has 0 radical (unpaired) electrons. The zero-order valence-corrected chi connectivity index (χ0v) is 26.7. The highest BCUT2D eigenvalue weighted by atomic mass is 16.4. The van der Waals surface area contributed by atoms with Gasteiger partial charge in [0.1, 0.15) is 11.5 Å². The van der Waals surface area contributed by atoms with Crippen molar-refractivity contribution in [1.29, 1.82) is 0 Å². The maximum Gasteiger partial charge on any atom is 0.310 e. The Labute approximate surface area is 258 Å². The number of hydrogen-bond acceptors (Lipinski definition) is 3. The van der Waals surface area contributed by atoms with Gasteiger partial charge in [-0.15, -0.1) is 0 Å². The van der Waals surface area contributed by atoms with Gasteiger partial charge in [0.2, 0.25) is 0 Å². The van der Waals surface area contributed by atoms with E-state index in [9.17, 15) is 20.1 Å². The summed E-state index contributed by atoms with van der Waals surface area (Å²) in [5, 5.41) is 34.6. The Morgan fingerprint density at radius 1 is 0.884 bits per heavy atom. The fourth-order valence-electron chi connectivity index (χ4n) is 7.02. The quantitative estimate of drug-likeness (QED) is 0.175. The van der Waals surface area contributed by atoms with Gasteiger partial charge in [-0.1, -0.05) is 120 Å². The third-order valence-corrected chi connectivity index (χ3v) is 9.47. The van der Waals surface area contributed by atoms with Crippen molar-refractivity contribution in [3.05, 3.63) is 99.6 Å². The van der Waals surface area contributed by atoms with E-state index in [0.717, 1.165) is 64.6 Å². The van der Waals surface area contributed by atoms with Crippen LogP contribution in [0.2, 0.25) is 0 Å². The number of carboxylic acids is 1. The van der Waals surface area contributed by atoms with Crippen molar-refractivity contribution in [2.24, 2.45) is 11.8 Å². The number of allylic oxidation sites excluding steroid dienone is 1. The first kappa shape index (κ1) is 32.4. The van der Waals surface area contributed by atoms with E-state index in [1.165, 1.54) is 12.8 Å². The van der Waals surface area contributed by atoms with Gasteiger partial charge in [0, 0.05) is 24.0 Å². The molecular weight excluding hydrogens is 532 g/mol. The molecule has 230 valence electrons. The van der Waals surface area contributed by atoms with Crippen LogP contribution in [0.1, 0.15) is 119 Å². The van der Waals surface area contributed by atoms with Gasteiger partial charge in [-0.2, -0.15) is 0 Å². The predicted molar refractivity (Wildman–Crippen MR) is 177 cm³/mol. The number of carbonyl (C=O) groups is 1. The lowest BCUT2D eigenvalue weighted by Gasteiger charge is -2.35. The summed E-state index contributed by atoms with van der Waals surface area (Å²) in [6, 6.07) is 20.4. The molecule has 0 heterocycles. The molecule has 43 heavy (non-hydrogen) atoms. The van der Waals surface area contributed by atoms with Crippen molar-refractivity contribution < 1.29 is 20.1 Å². The Bertz CT molecular complexity index is 1350. The van der Waals surface area contributed by atoms with Crippen molar-refractivity contribution in [2.75, 3.05) is 0 Å². The van der Waals surface area contributed by atoms with Crippen LogP contribution in [0.15, 0.2) is 66.2 Å². The topological polar surface area (TPSA) is 77.8 Å². The molecule has 2 atom stereocenters. The van der Waals surface area contributed by atoms with Gasteiger partial charge in [-0.25, -0.2) is 0 Å². The number of hydrogen-bond donors (Lipinski definition) is 3. The Hall–Kier alpha value is -3.53. The maximum absolute atomic E-state index is 12.3. The third kappa shape index (κ3) is 7.52. The molecule has 1 aliphatic rings. The first-order valence-electron chi connectivity index (χ1n) is 16.2. The van der Waals surface area contributed by atoms with Crippen LogP contribution >= 0.6 is 0 Å². The van der Waals surface area contributed by atoms with Crippen molar-refractivity contribution >= 4 is 11.5 Å². The van der Waals surface area contributed by atoms with E-state index in [1.54, 1.807) is 6.92 Å². The molecule has 0 spiro atoms. The molecule has 4 rings (SSSR count). The lowest BCUT2D eigenvalue weighted by molar-refractivity contribution is -0.139. The van der Waals surface area contributed by atoms with Crippen LogP contribution in [0.25, 0.3) is 5.57 Å². The van der Waals surface area contributed by atoms with Crippen LogP contribution in [0.4, 0.5) is 0 Å². The smallest absolute Gasteiger partial charge is 0.310 e. The third-order valence-electron chi connectivity index (χ3n) is 9.47. The monoisotopic (exact) mass is 582 g/mol. The Kier molecular flexibility index (Phi) is 10.8. The predicted octanol–water partition coefficient (Wildman–Crippen LogP) is 9.82. The molecule has 2 unspecified atom stereocenters. The van der Waals surface area contributed by atoms with Gasteiger partial charge >= 0.3 is 5.97 Å². The van der Waals surface area contributed by atoms with E-state index in [4.69, 9.17) is 0 Å². The zero-order valence-electron chi connectivity index (χ0n) is 26.7. The molecule has 3 N–H and O–H groups in total. The molecule has 3 aromatic carbocycles. The number of benzene rings is 3. The number of aliphatic carboxylic acids is 1. The number of aromatic hydroxyl groups is 2. The second kappa shape index (κ2) is 14.3. The van der Waals surface area contributed by atoms with Gasteiger partial charge in [0.05, 0.1) is 11.5 Å². The standard InChI is InChI=1S/C39H50O4/c1-6-7-8-15-22-39(4,5)35-32(24-28-16-11-9-12-17-28)36(40)34(37(41)33(35)25-29-18-13-10-14-19-29)31-23-26(2)20-21-30(31)27(3)38(42)43/h9-14,16-19,26-27,40-41H,6-8,15,20-25H2,1-5H3,(H,42,43). The van der Waals surface area contributed by atoms with E-state index in [-0.39, 0.29) is 16.9 Å². The molecule has 0 fully saturated rings. The highest BCUT2D eigenvalue weighted by molar-refractivity contribution is 5.86. The summed E-state index contributed by atoms with van der Waals surface area (Å²) in [5.41, 5.74) is 6.66. The van der Waals surface area contributed by atoms with Crippen LogP contribution < -0.4 is 0 Å². The van der Waals surface area contributed by atoms with Gasteiger partial charge in [0.25, 0.3) is 0 Å². The molecule has 4 heteroatoms. The number of unbranched alkanes of at least 4 members (excludes halogenated alkanes) is 3. The van der Waals surface area contributed by atoms with Gasteiger partial charge < -0.3 is 15.3 Å². The number of phenolic OH excluding ortho intramolecular Hbond substituents is 2. The average molecular weight is 583 g/mol. The number of carboxylic acid groups (broad SMARTS) is 1. The molecule has 4 nitrogen and oxygen atoms in total. The van der Waals surface area contributed by atoms with E-state index in [0.29, 0.717) is 37.2 Å². The van der Waals surface area contributed by atoms with Crippen LogP contribution in [0.5, 0.6) is 11.5 Å². The molecule has 1 aliphatic carbocycles. The molecule has 3 aromatic rings. The lowest BCUT2D eigenvalue weighted by atomic mass is 9.70. The van der Waals surface area contributed by atoms with E-state index < -0.39 is 11.9 Å². The van der Waals surface area contributed by atoms with E-state index in [2.05, 4.69) is 52.0 Å². The minimum atomic E-state index is -0.875. The van der Waals surface area contributed by atoms with E-state index >= 15 is 0 Å². The fraction of sp³-hybridized carbons (Fsp3) is 0.462. The second-order valence-corrected chi connectivity index (χ2v) is 13.3. The van der Waals surface area contributed by atoms with Crippen molar-refractivity contribution in [2.45, 2.75) is 104 Å². The molecule has 0 aromatic heterocycles. The van der Waals surface area contributed by atoms with Gasteiger partial charge in [-0.05, 0) is 66.2 Å². The summed E-state index contributed by atoms with van der Waals surface area (Å²) in [5.74, 6) is -1.03. The van der Waals surface area contributed by atoms with Gasteiger partial charge in [-0.3, -0.25) is 4.79 Å². The molecule has 0 saturated carbocycles. The largest absolute Gasteiger partial charge is 0.507 e. The fourth-order valence-corrected chi connectivity index (χ4v) is 7.02. The highest BCUT2D eigenvalue weighted by Crippen LogP contribution is 2.52. The first-order chi connectivity index (χ1) is 20.5. The van der Waals surface area contributed by atoms with Gasteiger partial charge in [0.15, 0.2) is 0 Å². The van der Waals surface area contributed by atoms with Crippen molar-refractivity contribution in [3.63, 3.8) is 0 Å². The molecule has 0 saturated heterocycles. The minimum absolute atomic E-state index is 0.106. The summed E-state index contributed by atoms with van der Waals surface area (Å²) in [6.07, 6.45) is 8.76. The summed E-state index contributed by atoms with van der Waals surface area (Å²) < 4.78 is 0. The Morgan fingerprint density at radius 2 is 1.42 bits per heavy atom. The molecule has 0 amide bonds. The summed E-state index contributed by atoms with van der Waals surface area (Å²) >= 11 is 0. The van der Waals surface area contributed by atoms with Crippen LogP contribution in [-0.2, 0) is 23.1 Å². The average Bonchev–Trinajstić information content (AvgIpc) is 2.98. The van der Waals surface area contributed by atoms with Crippen molar-refractivity contribution in [1.82, 2.24) is 0 Å². The van der Waals surface area contributed by atoms with Crippen molar-refractivity contribution in [3.8, 4) is 11.5 Å². The molecule has 0 aliphatic heterocycles. The van der Waals surface area contributed by atoms with Crippen LogP contribution in [0, 0.1) is 11.8 Å². The summed E-state index contributed by atoms with van der Waals surface area (Å²) in [7, 11) is 0. The minimum Gasteiger partial charge on any atom is -0.507 e. The summed E-state index contributed by atoms with van der Waals surface area (Å²) in [6.45, 7) is 10.6. The number of phenols is 2. The Morgan fingerprint density at radius 3 is 1.91 bits per heavy atom.